The highest BCUT2D eigenvalue weighted by molar-refractivity contribution is 5.88. The van der Waals surface area contributed by atoms with Crippen LogP contribution >= 0.6 is 0 Å². The Morgan fingerprint density at radius 3 is 2.76 bits per heavy atom. The van der Waals surface area contributed by atoms with Gasteiger partial charge in [0, 0.05) is 29.2 Å². The van der Waals surface area contributed by atoms with Crippen molar-refractivity contribution in [2.45, 2.75) is 39.5 Å². The topological polar surface area (TPSA) is 104 Å². The van der Waals surface area contributed by atoms with Crippen LogP contribution in [0.25, 0.3) is 22.5 Å². The van der Waals surface area contributed by atoms with Crippen molar-refractivity contribution in [3.8, 4) is 5.69 Å². The molecule has 0 aliphatic rings. The number of unbranched alkanes of at least 4 members (excludes halogenated alkanes) is 1. The molecule has 3 aromatic rings. The van der Waals surface area contributed by atoms with Gasteiger partial charge in [-0.05, 0) is 30.5 Å². The highest BCUT2D eigenvalue weighted by Crippen LogP contribution is 2.22. The van der Waals surface area contributed by atoms with Crippen molar-refractivity contribution in [2.75, 3.05) is 6.61 Å². The first-order chi connectivity index (χ1) is 15.9. The molecule has 33 heavy (non-hydrogen) atoms. The summed E-state index contributed by atoms with van der Waals surface area (Å²) in [5.74, 6) is -0.239. The van der Waals surface area contributed by atoms with E-state index in [2.05, 4.69) is 18.9 Å². The summed E-state index contributed by atoms with van der Waals surface area (Å²) in [7, 11) is 0. The molecule has 8 nitrogen and oxygen atoms in total. The molecule has 1 heterocycles. The number of esters is 1. The molecule has 0 fully saturated rings. The second-order valence-electron chi connectivity index (χ2n) is 7.83. The molecule has 0 radical (unpaired) electrons. The molecule has 8 heteroatoms. The molecule has 0 N–H and O–H groups in total. The molecule has 3 rings (SSSR count). The van der Waals surface area contributed by atoms with Crippen LogP contribution in [-0.2, 0) is 9.53 Å². The lowest BCUT2D eigenvalue weighted by molar-refractivity contribution is -0.384. The van der Waals surface area contributed by atoms with E-state index in [4.69, 9.17) is 4.74 Å². The standard InChI is InChI=1S/C25H27N3O5/c1-3-5-8-18(4-2)17-33-24(29)14-11-19-15-21(28(31)32)12-13-23(19)27-25(30)22-10-7-6-9-20(22)16-26-27/h6-7,9-16,18H,3-5,8,17H2,1-2H3/b14-11+. The van der Waals surface area contributed by atoms with Crippen LogP contribution in [0.3, 0.4) is 0 Å². The van der Waals surface area contributed by atoms with Gasteiger partial charge < -0.3 is 4.74 Å². The van der Waals surface area contributed by atoms with Gasteiger partial charge in [-0.15, -0.1) is 0 Å². The van der Waals surface area contributed by atoms with Crippen LogP contribution in [0.4, 0.5) is 5.69 Å². The number of nitro groups is 1. The van der Waals surface area contributed by atoms with E-state index < -0.39 is 10.9 Å². The smallest absolute Gasteiger partial charge is 0.330 e. The maximum absolute atomic E-state index is 13.0. The molecule has 0 aliphatic carbocycles. The molecule has 2 aromatic carbocycles. The van der Waals surface area contributed by atoms with E-state index in [-0.39, 0.29) is 11.2 Å². The van der Waals surface area contributed by atoms with Crippen molar-refractivity contribution >= 4 is 28.5 Å². The Hall–Kier alpha value is -3.81. The molecular formula is C25H27N3O5. The number of non-ortho nitro benzene ring substituents is 1. The second kappa shape index (κ2) is 11.2. The summed E-state index contributed by atoms with van der Waals surface area (Å²) < 4.78 is 6.55. The van der Waals surface area contributed by atoms with E-state index in [9.17, 15) is 19.7 Å². The van der Waals surface area contributed by atoms with Gasteiger partial charge in [0.1, 0.15) is 0 Å². The number of rotatable bonds is 10. The summed E-state index contributed by atoms with van der Waals surface area (Å²) >= 11 is 0. The average molecular weight is 450 g/mol. The van der Waals surface area contributed by atoms with Crippen molar-refractivity contribution in [1.82, 2.24) is 9.78 Å². The molecule has 0 bridgehead atoms. The quantitative estimate of drug-likeness (QED) is 0.185. The highest BCUT2D eigenvalue weighted by Gasteiger charge is 2.14. The van der Waals surface area contributed by atoms with Crippen LogP contribution in [0.5, 0.6) is 0 Å². The third kappa shape index (κ3) is 5.91. The fourth-order valence-electron chi connectivity index (χ4n) is 3.55. The first-order valence-corrected chi connectivity index (χ1v) is 11.0. The highest BCUT2D eigenvalue weighted by atomic mass is 16.6. The van der Waals surface area contributed by atoms with Crippen LogP contribution in [0, 0.1) is 16.0 Å². The fourth-order valence-corrected chi connectivity index (χ4v) is 3.55. The molecule has 1 aromatic heterocycles. The SMILES string of the molecule is CCCCC(CC)COC(=O)/C=C/c1cc([N+](=O)[O-])ccc1-n1ncc2ccccc2c1=O. The largest absolute Gasteiger partial charge is 0.462 e. The summed E-state index contributed by atoms with van der Waals surface area (Å²) in [5, 5.41) is 16.7. The lowest BCUT2D eigenvalue weighted by Crippen LogP contribution is -2.21. The minimum Gasteiger partial charge on any atom is -0.462 e. The molecule has 0 spiro atoms. The van der Waals surface area contributed by atoms with Crippen LogP contribution in [0.15, 0.2) is 59.5 Å². The average Bonchev–Trinajstić information content (AvgIpc) is 2.83. The number of aromatic nitrogens is 2. The number of carbonyl (C=O) groups is 1. The van der Waals surface area contributed by atoms with Gasteiger partial charge in [-0.3, -0.25) is 14.9 Å². The minimum atomic E-state index is -0.541. The van der Waals surface area contributed by atoms with Gasteiger partial charge in [-0.1, -0.05) is 51.3 Å². The van der Waals surface area contributed by atoms with Crippen molar-refractivity contribution < 1.29 is 14.5 Å². The molecule has 0 amide bonds. The monoisotopic (exact) mass is 449 g/mol. The summed E-state index contributed by atoms with van der Waals surface area (Å²) in [4.78, 5) is 36.0. The van der Waals surface area contributed by atoms with E-state index in [1.807, 2.05) is 6.07 Å². The predicted molar refractivity (Wildman–Crippen MR) is 127 cm³/mol. The molecule has 0 saturated heterocycles. The van der Waals surface area contributed by atoms with Crippen molar-refractivity contribution in [3.63, 3.8) is 0 Å². The first kappa shape index (κ1) is 23.8. The fraction of sp³-hybridized carbons (Fsp3) is 0.320. The number of hydrogen-bond acceptors (Lipinski definition) is 6. The minimum absolute atomic E-state index is 0.161. The van der Waals surface area contributed by atoms with Gasteiger partial charge >= 0.3 is 5.97 Å². The zero-order chi connectivity index (χ0) is 23.8. The third-order valence-corrected chi connectivity index (χ3v) is 5.55. The molecule has 172 valence electrons. The van der Waals surface area contributed by atoms with E-state index in [1.165, 1.54) is 35.0 Å². The number of hydrogen-bond donors (Lipinski definition) is 0. The Kier molecular flexibility index (Phi) is 8.07. The summed E-state index contributed by atoms with van der Waals surface area (Å²) in [6.45, 7) is 4.51. The van der Waals surface area contributed by atoms with Crippen molar-refractivity contribution in [3.05, 3.63) is 80.8 Å². The lowest BCUT2D eigenvalue weighted by atomic mass is 10.0. The Morgan fingerprint density at radius 1 is 1.24 bits per heavy atom. The zero-order valence-corrected chi connectivity index (χ0v) is 18.8. The summed E-state index contributed by atoms with van der Waals surface area (Å²) in [6, 6.07) is 11.1. The van der Waals surface area contributed by atoms with Crippen LogP contribution in [0.1, 0.15) is 45.1 Å². The summed E-state index contributed by atoms with van der Waals surface area (Å²) in [6.07, 6.45) is 8.28. The van der Waals surface area contributed by atoms with Crippen molar-refractivity contribution in [2.24, 2.45) is 5.92 Å². The van der Waals surface area contributed by atoms with Crippen LogP contribution in [0.2, 0.25) is 0 Å². The normalized spacial score (nSPS) is 12.2. The van der Waals surface area contributed by atoms with Crippen molar-refractivity contribution in [1.29, 1.82) is 0 Å². The molecule has 0 saturated carbocycles. The first-order valence-electron chi connectivity index (χ1n) is 11.0. The number of nitro benzene ring substituents is 1. The van der Waals surface area contributed by atoms with Gasteiger partial charge in [0.15, 0.2) is 0 Å². The van der Waals surface area contributed by atoms with E-state index in [1.54, 1.807) is 24.4 Å². The number of carbonyl (C=O) groups excluding carboxylic acids is 1. The van der Waals surface area contributed by atoms with Gasteiger partial charge in [0.2, 0.25) is 0 Å². The van der Waals surface area contributed by atoms with Crippen LogP contribution < -0.4 is 5.56 Å². The summed E-state index contributed by atoms with van der Waals surface area (Å²) in [5.41, 5.74) is 0.117. The maximum Gasteiger partial charge on any atom is 0.330 e. The van der Waals surface area contributed by atoms with E-state index in [0.29, 0.717) is 34.5 Å². The Labute approximate surface area is 191 Å². The Balaban J connectivity index is 1.91. The van der Waals surface area contributed by atoms with Gasteiger partial charge in [-0.25, -0.2) is 4.79 Å². The maximum atomic E-state index is 13.0. The molecule has 1 unspecified atom stereocenters. The number of nitrogens with zero attached hydrogens (tertiary/aromatic N) is 3. The Bertz CT molecular complexity index is 1230. The van der Waals surface area contributed by atoms with E-state index >= 15 is 0 Å². The molecule has 1 atom stereocenters. The Morgan fingerprint density at radius 2 is 2.03 bits per heavy atom. The van der Waals surface area contributed by atoms with Crippen LogP contribution in [-0.4, -0.2) is 27.3 Å². The van der Waals surface area contributed by atoms with Gasteiger partial charge in [0.25, 0.3) is 11.2 Å². The van der Waals surface area contributed by atoms with Gasteiger partial charge in [0.05, 0.1) is 28.8 Å². The zero-order valence-electron chi connectivity index (χ0n) is 18.8. The predicted octanol–water partition coefficient (Wildman–Crippen LogP) is 5.07. The molecular weight excluding hydrogens is 422 g/mol. The van der Waals surface area contributed by atoms with E-state index in [0.717, 1.165) is 25.7 Å². The van der Waals surface area contributed by atoms with Gasteiger partial charge in [-0.2, -0.15) is 9.78 Å². The number of benzene rings is 2. The number of fused-ring (bicyclic) bond motifs is 1. The second-order valence-corrected chi connectivity index (χ2v) is 7.83. The molecule has 0 aliphatic heterocycles. The number of ether oxygens (including phenoxy) is 1. The lowest BCUT2D eigenvalue weighted by Gasteiger charge is -2.13. The third-order valence-electron chi connectivity index (χ3n) is 5.55.